The predicted molar refractivity (Wildman–Crippen MR) is 209 cm³/mol. The molecule has 0 aliphatic heterocycles. The SMILES string of the molecule is C[C@H](CC=O)[C@H](OC(=O)c1ccccc1P(c1ccccc1)c1ccccc1)[C@H](C)COC(c1ccccc1)(c1ccccc1)c1ccccc1. The van der Waals surface area contributed by atoms with Crippen molar-refractivity contribution in [1.29, 1.82) is 0 Å². The lowest BCUT2D eigenvalue weighted by Crippen LogP contribution is -2.39. The van der Waals surface area contributed by atoms with Crippen LogP contribution in [-0.4, -0.2) is 25.0 Å². The van der Waals surface area contributed by atoms with Crippen molar-refractivity contribution in [2.45, 2.75) is 32.0 Å². The molecule has 6 aromatic carbocycles. The molecule has 4 nitrogen and oxygen atoms in total. The van der Waals surface area contributed by atoms with E-state index in [1.54, 1.807) is 0 Å². The Kier molecular flexibility index (Phi) is 12.0. The highest BCUT2D eigenvalue weighted by molar-refractivity contribution is 7.80. The number of carbonyl (C=O) groups is 2. The molecule has 0 fully saturated rings. The molecule has 0 aromatic heterocycles. The van der Waals surface area contributed by atoms with Crippen LogP contribution in [0.5, 0.6) is 0 Å². The number of esters is 1. The summed E-state index contributed by atoms with van der Waals surface area (Å²) >= 11 is 0. The number of hydrogen-bond donors (Lipinski definition) is 0. The quantitative estimate of drug-likeness (QED) is 0.0468. The Morgan fingerprint density at radius 3 is 1.45 bits per heavy atom. The molecule has 5 heteroatoms. The van der Waals surface area contributed by atoms with Crippen LogP contribution in [0.4, 0.5) is 0 Å². The first-order valence-electron chi connectivity index (χ1n) is 17.5. The fourth-order valence-corrected chi connectivity index (χ4v) is 9.25. The van der Waals surface area contributed by atoms with Gasteiger partial charge in [0.2, 0.25) is 0 Å². The van der Waals surface area contributed by atoms with E-state index in [9.17, 15) is 9.59 Å². The monoisotopic (exact) mass is 690 g/mol. The lowest BCUT2D eigenvalue weighted by atomic mass is 9.80. The van der Waals surface area contributed by atoms with Crippen LogP contribution >= 0.6 is 7.92 Å². The van der Waals surface area contributed by atoms with Gasteiger partial charge in [-0.15, -0.1) is 0 Å². The van der Waals surface area contributed by atoms with Gasteiger partial charge in [0.25, 0.3) is 0 Å². The highest BCUT2D eigenvalue weighted by Gasteiger charge is 2.39. The van der Waals surface area contributed by atoms with Crippen LogP contribution in [0.15, 0.2) is 176 Å². The summed E-state index contributed by atoms with van der Waals surface area (Å²) in [6, 6.07) is 59.1. The molecule has 256 valence electrons. The molecular formula is C46H43O4P. The maximum absolute atomic E-state index is 14.4. The maximum atomic E-state index is 14.4. The Bertz CT molecular complexity index is 1830. The first-order valence-corrected chi connectivity index (χ1v) is 18.8. The van der Waals surface area contributed by atoms with E-state index in [0.29, 0.717) is 5.56 Å². The molecule has 0 radical (unpaired) electrons. The molecular weight excluding hydrogens is 647 g/mol. The number of hydrogen-bond acceptors (Lipinski definition) is 4. The van der Waals surface area contributed by atoms with Gasteiger partial charge >= 0.3 is 5.97 Å². The lowest BCUT2D eigenvalue weighted by molar-refractivity contribution is -0.110. The minimum Gasteiger partial charge on any atom is -0.458 e. The summed E-state index contributed by atoms with van der Waals surface area (Å²) in [5, 5.41) is 3.22. The van der Waals surface area contributed by atoms with Gasteiger partial charge in [-0.3, -0.25) is 0 Å². The van der Waals surface area contributed by atoms with Crippen molar-refractivity contribution < 1.29 is 19.1 Å². The number of carbonyl (C=O) groups excluding carboxylic acids is 2. The Hall–Kier alpha value is -5.15. The van der Waals surface area contributed by atoms with Crippen molar-refractivity contribution >= 4 is 36.1 Å². The largest absolute Gasteiger partial charge is 0.458 e. The zero-order chi connectivity index (χ0) is 35.5. The summed E-state index contributed by atoms with van der Waals surface area (Å²) in [7, 11) is -1.04. The molecule has 0 aliphatic carbocycles. The van der Waals surface area contributed by atoms with E-state index in [0.717, 1.165) is 38.9 Å². The maximum Gasteiger partial charge on any atom is 0.339 e. The van der Waals surface area contributed by atoms with E-state index < -0.39 is 25.6 Å². The summed E-state index contributed by atoms with van der Waals surface area (Å²) in [6.45, 7) is 4.27. The normalized spacial score (nSPS) is 13.2. The Balaban J connectivity index is 1.35. The second-order valence-corrected chi connectivity index (χ2v) is 15.0. The van der Waals surface area contributed by atoms with Gasteiger partial charge in [-0.25, -0.2) is 4.79 Å². The van der Waals surface area contributed by atoms with Crippen LogP contribution < -0.4 is 15.9 Å². The summed E-state index contributed by atoms with van der Waals surface area (Å²) < 4.78 is 13.6. The van der Waals surface area contributed by atoms with E-state index in [1.807, 2.05) is 129 Å². The van der Waals surface area contributed by atoms with Crippen molar-refractivity contribution in [2.24, 2.45) is 11.8 Å². The van der Waals surface area contributed by atoms with Gasteiger partial charge in [-0.2, -0.15) is 0 Å². The minimum atomic E-state index is -1.04. The summed E-state index contributed by atoms with van der Waals surface area (Å²) in [6.07, 6.45) is 0.570. The molecule has 6 aromatic rings. The van der Waals surface area contributed by atoms with Crippen molar-refractivity contribution in [1.82, 2.24) is 0 Å². The van der Waals surface area contributed by atoms with E-state index in [4.69, 9.17) is 9.47 Å². The number of ether oxygens (including phenoxy) is 2. The molecule has 0 saturated carbocycles. The van der Waals surface area contributed by atoms with E-state index in [-0.39, 0.29) is 24.9 Å². The van der Waals surface area contributed by atoms with E-state index >= 15 is 0 Å². The third kappa shape index (κ3) is 8.10. The van der Waals surface area contributed by atoms with Crippen LogP contribution in [0.25, 0.3) is 0 Å². The molecule has 3 atom stereocenters. The van der Waals surface area contributed by atoms with Crippen molar-refractivity contribution in [3.8, 4) is 0 Å². The predicted octanol–water partition coefficient (Wildman–Crippen LogP) is 8.84. The van der Waals surface area contributed by atoms with Crippen LogP contribution in [0.3, 0.4) is 0 Å². The topological polar surface area (TPSA) is 52.6 Å². The van der Waals surface area contributed by atoms with Gasteiger partial charge in [0.15, 0.2) is 0 Å². The number of rotatable bonds is 15. The lowest BCUT2D eigenvalue weighted by Gasteiger charge is -2.38. The second-order valence-electron chi connectivity index (χ2n) is 12.8. The molecule has 0 amide bonds. The molecule has 0 unspecified atom stereocenters. The summed E-state index contributed by atoms with van der Waals surface area (Å²) in [5.41, 5.74) is 2.59. The highest BCUT2D eigenvalue weighted by Crippen LogP contribution is 2.41. The van der Waals surface area contributed by atoms with Gasteiger partial charge in [-0.1, -0.05) is 184 Å². The third-order valence-corrected chi connectivity index (χ3v) is 11.8. The van der Waals surface area contributed by atoms with Crippen LogP contribution in [0, 0.1) is 11.8 Å². The van der Waals surface area contributed by atoms with E-state index in [2.05, 4.69) is 60.7 Å². The van der Waals surface area contributed by atoms with Crippen LogP contribution in [0.1, 0.15) is 47.3 Å². The standard InChI is InChI=1S/C46H43O4P/c1-35(32-33-47)44(50-45(48)42-30-18-19-31-43(42)51(40-26-14-6-15-27-40)41-28-16-7-17-29-41)36(2)34-49-46(37-20-8-3-9-21-37,38-22-10-4-11-23-38)39-24-12-5-13-25-39/h3-31,33,35-36,44H,32,34H2,1-2H3/t35-,36-,44+/m1/s1. The zero-order valence-electron chi connectivity index (χ0n) is 29.0. The van der Waals surface area contributed by atoms with Gasteiger partial charge in [0.1, 0.15) is 18.0 Å². The molecule has 0 bridgehead atoms. The van der Waals surface area contributed by atoms with E-state index in [1.165, 1.54) is 0 Å². The Morgan fingerprint density at radius 1 is 0.588 bits per heavy atom. The van der Waals surface area contributed by atoms with Crippen molar-refractivity contribution in [2.75, 3.05) is 6.61 Å². The van der Waals surface area contributed by atoms with Crippen LogP contribution in [-0.2, 0) is 19.9 Å². The first-order chi connectivity index (χ1) is 25.0. The smallest absolute Gasteiger partial charge is 0.339 e. The molecule has 0 aliphatic rings. The first kappa shape index (κ1) is 35.7. The van der Waals surface area contributed by atoms with Crippen LogP contribution in [0.2, 0.25) is 0 Å². The summed E-state index contributed by atoms with van der Waals surface area (Å²) in [5.74, 6) is -0.891. The Morgan fingerprint density at radius 2 is 1.00 bits per heavy atom. The molecule has 0 spiro atoms. The minimum absolute atomic E-state index is 0.235. The molecule has 0 saturated heterocycles. The molecule has 6 rings (SSSR count). The number of benzene rings is 6. The molecule has 0 heterocycles. The number of aldehydes is 1. The average Bonchev–Trinajstić information content (AvgIpc) is 3.19. The van der Waals surface area contributed by atoms with Gasteiger partial charge in [0, 0.05) is 18.3 Å². The second kappa shape index (κ2) is 17.2. The van der Waals surface area contributed by atoms with Gasteiger partial charge in [0.05, 0.1) is 12.2 Å². The van der Waals surface area contributed by atoms with Crippen molar-refractivity contribution in [3.63, 3.8) is 0 Å². The average molecular weight is 691 g/mol. The van der Waals surface area contributed by atoms with Gasteiger partial charge < -0.3 is 14.3 Å². The molecule has 51 heavy (non-hydrogen) atoms. The fraction of sp³-hybridized carbons (Fsp3) is 0.174. The van der Waals surface area contributed by atoms with Gasteiger partial charge in [-0.05, 0) is 46.6 Å². The highest BCUT2D eigenvalue weighted by atomic mass is 31.1. The zero-order valence-corrected chi connectivity index (χ0v) is 29.9. The fourth-order valence-electron chi connectivity index (χ4n) is 6.81. The Labute approximate surface area is 302 Å². The third-order valence-electron chi connectivity index (χ3n) is 9.33. The molecule has 0 N–H and O–H groups in total. The van der Waals surface area contributed by atoms with Crippen molar-refractivity contribution in [3.05, 3.63) is 198 Å². The summed E-state index contributed by atoms with van der Waals surface area (Å²) in [4.78, 5) is 26.2.